The largest absolute Gasteiger partial charge is 0.409 e. The standard InChI is InChI=1S/C8H15N3O2/c1-8(2)3-5(8)7(12)10-4-6(9)11-13/h5,13H,3-4H2,1-2H3,(H2,9,11)(H,10,12). The van der Waals surface area contributed by atoms with E-state index < -0.39 is 0 Å². The maximum absolute atomic E-state index is 11.3. The van der Waals surface area contributed by atoms with E-state index in [-0.39, 0.29) is 29.6 Å². The zero-order valence-electron chi connectivity index (χ0n) is 7.87. The minimum Gasteiger partial charge on any atom is -0.409 e. The summed E-state index contributed by atoms with van der Waals surface area (Å²) >= 11 is 0. The first-order valence-corrected chi connectivity index (χ1v) is 4.21. The maximum atomic E-state index is 11.3. The van der Waals surface area contributed by atoms with Crippen LogP contribution in [0.5, 0.6) is 0 Å². The molecule has 0 aliphatic heterocycles. The van der Waals surface area contributed by atoms with Gasteiger partial charge in [-0.2, -0.15) is 0 Å². The Morgan fingerprint density at radius 2 is 2.31 bits per heavy atom. The lowest BCUT2D eigenvalue weighted by Crippen LogP contribution is -2.35. The lowest BCUT2D eigenvalue weighted by atomic mass is 10.1. The van der Waals surface area contributed by atoms with Crippen LogP contribution < -0.4 is 11.1 Å². The fourth-order valence-corrected chi connectivity index (χ4v) is 1.25. The third-order valence-electron chi connectivity index (χ3n) is 2.40. The molecule has 1 fully saturated rings. The number of carbonyl (C=O) groups is 1. The van der Waals surface area contributed by atoms with Crippen LogP contribution in [0.2, 0.25) is 0 Å². The minimum atomic E-state index is -0.0170. The van der Waals surface area contributed by atoms with Crippen molar-refractivity contribution in [2.45, 2.75) is 20.3 Å². The van der Waals surface area contributed by atoms with Gasteiger partial charge in [-0.1, -0.05) is 19.0 Å². The molecule has 0 aromatic rings. The van der Waals surface area contributed by atoms with Crippen LogP contribution in [0.15, 0.2) is 5.16 Å². The van der Waals surface area contributed by atoms with Gasteiger partial charge in [0.25, 0.3) is 0 Å². The Kier molecular flexibility index (Phi) is 2.45. The molecule has 0 heterocycles. The number of nitrogens with two attached hydrogens (primary N) is 1. The first-order chi connectivity index (χ1) is 5.97. The number of carbonyl (C=O) groups excluding carboxylic acids is 1. The Labute approximate surface area is 77.0 Å². The lowest BCUT2D eigenvalue weighted by molar-refractivity contribution is -0.122. The number of nitrogens with zero attached hydrogens (tertiary/aromatic N) is 1. The van der Waals surface area contributed by atoms with Crippen molar-refractivity contribution >= 4 is 11.7 Å². The first kappa shape index (κ1) is 9.83. The van der Waals surface area contributed by atoms with Crippen LogP contribution >= 0.6 is 0 Å². The third kappa shape index (κ3) is 2.34. The zero-order chi connectivity index (χ0) is 10.1. The molecule has 0 aromatic heterocycles. The molecule has 1 amide bonds. The number of amidine groups is 1. The Morgan fingerprint density at radius 1 is 1.77 bits per heavy atom. The number of hydrogen-bond donors (Lipinski definition) is 3. The molecule has 1 rings (SSSR count). The van der Waals surface area contributed by atoms with Crippen molar-refractivity contribution in [3.8, 4) is 0 Å². The molecule has 1 saturated carbocycles. The summed E-state index contributed by atoms with van der Waals surface area (Å²) in [6.45, 7) is 4.20. The van der Waals surface area contributed by atoms with Gasteiger partial charge < -0.3 is 16.3 Å². The monoisotopic (exact) mass is 185 g/mol. The molecule has 1 aliphatic carbocycles. The van der Waals surface area contributed by atoms with Gasteiger partial charge in [0.1, 0.15) is 0 Å². The highest BCUT2D eigenvalue weighted by Gasteiger charge is 2.50. The minimum absolute atomic E-state index is 0.0170. The Balaban J connectivity index is 2.28. The van der Waals surface area contributed by atoms with Gasteiger partial charge in [-0.05, 0) is 11.8 Å². The SMILES string of the molecule is CC1(C)CC1C(=O)NC/C(N)=N/O. The molecule has 1 unspecified atom stereocenters. The predicted molar refractivity (Wildman–Crippen MR) is 48.3 cm³/mol. The Hall–Kier alpha value is -1.26. The van der Waals surface area contributed by atoms with Crippen molar-refractivity contribution in [1.82, 2.24) is 5.32 Å². The Morgan fingerprint density at radius 3 is 2.69 bits per heavy atom. The van der Waals surface area contributed by atoms with Crippen LogP contribution in [0.3, 0.4) is 0 Å². The van der Waals surface area contributed by atoms with E-state index in [0.717, 1.165) is 6.42 Å². The van der Waals surface area contributed by atoms with Gasteiger partial charge in [0.15, 0.2) is 5.84 Å². The summed E-state index contributed by atoms with van der Waals surface area (Å²) in [5.74, 6) is 0.0856. The van der Waals surface area contributed by atoms with Crippen LogP contribution in [0.4, 0.5) is 0 Å². The molecule has 0 bridgehead atoms. The average molecular weight is 185 g/mol. The quantitative estimate of drug-likeness (QED) is 0.248. The van der Waals surface area contributed by atoms with Crippen molar-refractivity contribution in [3.63, 3.8) is 0 Å². The fourth-order valence-electron chi connectivity index (χ4n) is 1.25. The predicted octanol–water partition coefficient (Wildman–Crippen LogP) is -0.105. The van der Waals surface area contributed by atoms with Crippen molar-refractivity contribution in [1.29, 1.82) is 0 Å². The van der Waals surface area contributed by atoms with Gasteiger partial charge in [-0.15, -0.1) is 0 Å². The van der Waals surface area contributed by atoms with Crippen LogP contribution in [-0.4, -0.2) is 23.5 Å². The van der Waals surface area contributed by atoms with Crippen molar-refractivity contribution in [2.75, 3.05) is 6.54 Å². The van der Waals surface area contributed by atoms with E-state index in [4.69, 9.17) is 10.9 Å². The molecule has 5 nitrogen and oxygen atoms in total. The second kappa shape index (κ2) is 3.24. The summed E-state index contributed by atoms with van der Waals surface area (Å²) in [6, 6.07) is 0. The smallest absolute Gasteiger partial charge is 0.224 e. The second-order valence-corrected chi connectivity index (χ2v) is 4.05. The first-order valence-electron chi connectivity index (χ1n) is 4.21. The van der Waals surface area contributed by atoms with Gasteiger partial charge in [0.05, 0.1) is 6.54 Å². The summed E-state index contributed by atoms with van der Waals surface area (Å²) in [7, 11) is 0. The molecule has 74 valence electrons. The molecule has 0 spiro atoms. The van der Waals surface area contributed by atoms with Crippen LogP contribution in [0.1, 0.15) is 20.3 Å². The number of rotatable bonds is 3. The van der Waals surface area contributed by atoms with Gasteiger partial charge in [0, 0.05) is 5.92 Å². The zero-order valence-corrected chi connectivity index (χ0v) is 7.87. The summed E-state index contributed by atoms with van der Waals surface area (Å²) in [5, 5.41) is 13.6. The Bertz CT molecular complexity index is 248. The van der Waals surface area contributed by atoms with Gasteiger partial charge in [0.2, 0.25) is 5.91 Å². The molecule has 0 saturated heterocycles. The lowest BCUT2D eigenvalue weighted by Gasteiger charge is -2.04. The molecule has 4 N–H and O–H groups in total. The third-order valence-corrected chi connectivity index (χ3v) is 2.40. The van der Waals surface area contributed by atoms with E-state index in [1.807, 2.05) is 13.8 Å². The number of nitrogens with one attached hydrogen (secondary N) is 1. The highest BCUT2D eigenvalue weighted by atomic mass is 16.4. The van der Waals surface area contributed by atoms with E-state index in [2.05, 4.69) is 10.5 Å². The van der Waals surface area contributed by atoms with Crippen molar-refractivity contribution in [2.24, 2.45) is 22.2 Å². The van der Waals surface area contributed by atoms with Crippen LogP contribution in [0, 0.1) is 11.3 Å². The van der Waals surface area contributed by atoms with E-state index in [0.29, 0.717) is 0 Å². The van der Waals surface area contributed by atoms with E-state index in [9.17, 15) is 4.79 Å². The normalized spacial score (nSPS) is 25.4. The topological polar surface area (TPSA) is 87.7 Å². The fraction of sp³-hybridized carbons (Fsp3) is 0.750. The van der Waals surface area contributed by atoms with Gasteiger partial charge in [-0.25, -0.2) is 0 Å². The molecule has 5 heteroatoms. The number of hydrogen-bond acceptors (Lipinski definition) is 3. The summed E-state index contributed by atoms with van der Waals surface area (Å²) in [5.41, 5.74) is 5.31. The van der Waals surface area contributed by atoms with E-state index in [1.165, 1.54) is 0 Å². The van der Waals surface area contributed by atoms with E-state index >= 15 is 0 Å². The highest BCUT2D eigenvalue weighted by molar-refractivity contribution is 5.89. The van der Waals surface area contributed by atoms with Gasteiger partial charge >= 0.3 is 0 Å². The molecule has 13 heavy (non-hydrogen) atoms. The molecule has 1 atom stereocenters. The summed E-state index contributed by atoms with van der Waals surface area (Å²) in [6.07, 6.45) is 0.912. The maximum Gasteiger partial charge on any atom is 0.224 e. The molecule has 0 aromatic carbocycles. The van der Waals surface area contributed by atoms with Crippen LogP contribution in [0.25, 0.3) is 0 Å². The van der Waals surface area contributed by atoms with Crippen LogP contribution in [-0.2, 0) is 4.79 Å². The molecular weight excluding hydrogens is 170 g/mol. The molecular formula is C8H15N3O2. The number of amides is 1. The molecule has 1 aliphatic rings. The van der Waals surface area contributed by atoms with E-state index in [1.54, 1.807) is 0 Å². The second-order valence-electron chi connectivity index (χ2n) is 4.05. The van der Waals surface area contributed by atoms with Crippen molar-refractivity contribution in [3.05, 3.63) is 0 Å². The number of oxime groups is 1. The van der Waals surface area contributed by atoms with Crippen molar-refractivity contribution < 1.29 is 10.0 Å². The average Bonchev–Trinajstić information content (AvgIpc) is 2.70. The van der Waals surface area contributed by atoms with Gasteiger partial charge in [-0.3, -0.25) is 4.79 Å². The summed E-state index contributed by atoms with van der Waals surface area (Å²) in [4.78, 5) is 11.3. The molecule has 0 radical (unpaired) electrons. The highest BCUT2D eigenvalue weighted by Crippen LogP contribution is 2.51. The summed E-state index contributed by atoms with van der Waals surface area (Å²) < 4.78 is 0.